The number of rotatable bonds is 5. The average molecular weight is 455 g/mol. The van der Waals surface area contributed by atoms with E-state index in [2.05, 4.69) is 10.3 Å². The molecule has 3 heterocycles. The van der Waals surface area contributed by atoms with E-state index in [4.69, 9.17) is 9.47 Å². The monoisotopic (exact) mass is 455 g/mol. The third-order valence-electron chi connectivity index (χ3n) is 5.55. The van der Waals surface area contributed by atoms with Crippen LogP contribution in [0.4, 0.5) is 4.39 Å². The molecule has 1 aliphatic heterocycles. The Morgan fingerprint density at radius 2 is 2.03 bits per heavy atom. The Hall–Kier alpha value is -3.95. The van der Waals surface area contributed by atoms with E-state index in [9.17, 15) is 23.9 Å². The molecule has 0 saturated carbocycles. The first kappa shape index (κ1) is 22.3. The van der Waals surface area contributed by atoms with Crippen LogP contribution < -0.4 is 15.6 Å². The summed E-state index contributed by atoms with van der Waals surface area (Å²) in [5.74, 6) is -2.30. The lowest BCUT2D eigenvalue weighted by molar-refractivity contribution is -0.136. The van der Waals surface area contributed by atoms with Gasteiger partial charge in [0.15, 0.2) is 17.1 Å². The number of ether oxygens (including phenoxy) is 2. The average Bonchev–Trinajstić information content (AvgIpc) is 2.79. The molecule has 0 radical (unpaired) electrons. The van der Waals surface area contributed by atoms with Crippen LogP contribution in [-0.4, -0.2) is 45.8 Å². The molecule has 4 rings (SSSR count). The molecule has 0 bridgehead atoms. The summed E-state index contributed by atoms with van der Waals surface area (Å²) in [4.78, 5) is 42.7. The van der Waals surface area contributed by atoms with Crippen molar-refractivity contribution in [3.05, 3.63) is 63.3 Å². The Kier molecular flexibility index (Phi) is 5.52. The highest BCUT2D eigenvalue weighted by atomic mass is 19.1. The van der Waals surface area contributed by atoms with Crippen molar-refractivity contribution in [1.82, 2.24) is 14.9 Å². The van der Waals surface area contributed by atoms with Gasteiger partial charge in [-0.15, -0.1) is 0 Å². The van der Waals surface area contributed by atoms with Crippen LogP contribution in [0.15, 0.2) is 35.3 Å². The SMILES string of the molecule is CCOC(=O)c1c(O)c2ncc(Cc3ccc(F)cc3)c3c2n(c1=O)C[C@@](C)(C(=O)NC)O3. The second kappa shape index (κ2) is 8.19. The maximum atomic E-state index is 13.3. The lowest BCUT2D eigenvalue weighted by Crippen LogP contribution is -2.54. The topological polar surface area (TPSA) is 120 Å². The summed E-state index contributed by atoms with van der Waals surface area (Å²) in [7, 11) is 1.44. The second-order valence-corrected chi connectivity index (χ2v) is 7.86. The molecule has 33 heavy (non-hydrogen) atoms. The molecule has 0 spiro atoms. The molecule has 2 aromatic heterocycles. The molecule has 2 N–H and O–H groups in total. The van der Waals surface area contributed by atoms with E-state index in [1.54, 1.807) is 19.1 Å². The zero-order valence-electron chi connectivity index (χ0n) is 18.3. The number of nitrogens with one attached hydrogen (secondary N) is 1. The van der Waals surface area contributed by atoms with Gasteiger partial charge in [0.05, 0.1) is 13.2 Å². The van der Waals surface area contributed by atoms with E-state index >= 15 is 0 Å². The van der Waals surface area contributed by atoms with Gasteiger partial charge in [0, 0.05) is 25.2 Å². The molecule has 9 nitrogen and oxygen atoms in total. The van der Waals surface area contributed by atoms with Gasteiger partial charge in [-0.05, 0) is 31.5 Å². The van der Waals surface area contributed by atoms with E-state index in [1.807, 2.05) is 0 Å². The molecule has 10 heteroatoms. The second-order valence-electron chi connectivity index (χ2n) is 7.86. The molecular weight excluding hydrogens is 433 g/mol. The van der Waals surface area contributed by atoms with Gasteiger partial charge < -0.3 is 19.9 Å². The van der Waals surface area contributed by atoms with Crippen molar-refractivity contribution in [2.75, 3.05) is 13.7 Å². The van der Waals surface area contributed by atoms with Crippen molar-refractivity contribution >= 4 is 22.9 Å². The number of nitrogens with zero attached hydrogens (tertiary/aromatic N) is 2. The lowest BCUT2D eigenvalue weighted by atomic mass is 9.99. The molecule has 0 aliphatic carbocycles. The van der Waals surface area contributed by atoms with Gasteiger partial charge >= 0.3 is 5.97 Å². The molecular formula is C23H22FN3O6. The predicted molar refractivity (Wildman–Crippen MR) is 116 cm³/mol. The van der Waals surface area contributed by atoms with E-state index in [-0.39, 0.29) is 42.2 Å². The first-order valence-corrected chi connectivity index (χ1v) is 10.3. The molecule has 172 valence electrons. The lowest BCUT2D eigenvalue weighted by Gasteiger charge is -2.36. The number of carbonyl (C=O) groups excluding carboxylic acids is 2. The Bertz CT molecular complexity index is 1340. The highest BCUT2D eigenvalue weighted by molar-refractivity contribution is 6.00. The minimum Gasteiger partial charge on any atom is -0.505 e. The summed E-state index contributed by atoms with van der Waals surface area (Å²) in [6.45, 7) is 2.88. The first-order chi connectivity index (χ1) is 15.7. The van der Waals surface area contributed by atoms with E-state index in [1.165, 1.54) is 36.9 Å². The summed E-state index contributed by atoms with van der Waals surface area (Å²) in [5.41, 5.74) is -1.48. The van der Waals surface area contributed by atoms with Crippen LogP contribution in [0.5, 0.6) is 11.5 Å². The summed E-state index contributed by atoms with van der Waals surface area (Å²) >= 11 is 0. The summed E-state index contributed by atoms with van der Waals surface area (Å²) in [5, 5.41) is 13.3. The van der Waals surface area contributed by atoms with Gasteiger partial charge in [-0.2, -0.15) is 0 Å². The number of pyridine rings is 2. The number of hydrogen-bond acceptors (Lipinski definition) is 7. The quantitative estimate of drug-likeness (QED) is 0.564. The number of esters is 1. The third-order valence-corrected chi connectivity index (χ3v) is 5.55. The molecule has 0 fully saturated rings. The van der Waals surface area contributed by atoms with E-state index in [0.29, 0.717) is 5.56 Å². The van der Waals surface area contributed by atoms with Crippen molar-refractivity contribution in [3.63, 3.8) is 0 Å². The van der Waals surface area contributed by atoms with Crippen molar-refractivity contribution in [2.45, 2.75) is 32.4 Å². The highest BCUT2D eigenvalue weighted by Crippen LogP contribution is 2.40. The van der Waals surface area contributed by atoms with Crippen LogP contribution in [-0.2, 0) is 22.5 Å². The summed E-state index contributed by atoms with van der Waals surface area (Å²) < 4.78 is 25.6. The number of hydrogen-bond donors (Lipinski definition) is 2. The largest absolute Gasteiger partial charge is 0.505 e. The number of amides is 1. The molecule has 1 aromatic carbocycles. The Morgan fingerprint density at radius 1 is 1.33 bits per heavy atom. The fraction of sp³-hybridized carbons (Fsp3) is 0.304. The van der Waals surface area contributed by atoms with Gasteiger partial charge in [-0.25, -0.2) is 9.18 Å². The van der Waals surface area contributed by atoms with Gasteiger partial charge in [0.1, 0.15) is 16.9 Å². The number of benzene rings is 1. The smallest absolute Gasteiger partial charge is 0.347 e. The Labute approximate surface area is 187 Å². The van der Waals surface area contributed by atoms with Gasteiger partial charge in [0.25, 0.3) is 11.5 Å². The van der Waals surface area contributed by atoms with Gasteiger partial charge in [-0.3, -0.25) is 19.1 Å². The minimum absolute atomic E-state index is 0.00407. The highest BCUT2D eigenvalue weighted by Gasteiger charge is 2.42. The van der Waals surface area contributed by atoms with Gasteiger partial charge in [-0.1, -0.05) is 12.1 Å². The van der Waals surface area contributed by atoms with Gasteiger partial charge in [0.2, 0.25) is 5.60 Å². The molecule has 0 saturated heterocycles. The number of aromatic nitrogens is 2. The zero-order valence-corrected chi connectivity index (χ0v) is 18.3. The number of likely N-dealkylation sites (N-methyl/N-ethyl adjacent to an activating group) is 1. The van der Waals surface area contributed by atoms with E-state index in [0.717, 1.165) is 5.56 Å². The van der Waals surface area contributed by atoms with Crippen LogP contribution in [0.2, 0.25) is 0 Å². The zero-order chi connectivity index (χ0) is 23.9. The number of carbonyl (C=O) groups is 2. The number of halogens is 1. The normalized spacial score (nSPS) is 16.8. The molecule has 0 unspecified atom stereocenters. The minimum atomic E-state index is -1.49. The van der Waals surface area contributed by atoms with Crippen molar-refractivity contribution in [1.29, 1.82) is 0 Å². The van der Waals surface area contributed by atoms with Crippen LogP contribution in [0.3, 0.4) is 0 Å². The molecule has 1 atom stereocenters. The predicted octanol–water partition coefficient (Wildman–Crippen LogP) is 1.91. The Balaban J connectivity index is 1.99. The van der Waals surface area contributed by atoms with Crippen molar-refractivity contribution in [3.8, 4) is 11.5 Å². The van der Waals surface area contributed by atoms with Crippen LogP contribution in [0.1, 0.15) is 35.3 Å². The molecule has 1 aliphatic rings. The first-order valence-electron chi connectivity index (χ1n) is 10.3. The fourth-order valence-corrected chi connectivity index (χ4v) is 3.94. The maximum Gasteiger partial charge on any atom is 0.347 e. The summed E-state index contributed by atoms with van der Waals surface area (Å²) in [6.07, 6.45) is 1.69. The molecule has 1 amide bonds. The van der Waals surface area contributed by atoms with Crippen molar-refractivity contribution in [2.24, 2.45) is 0 Å². The van der Waals surface area contributed by atoms with Crippen LogP contribution >= 0.6 is 0 Å². The van der Waals surface area contributed by atoms with Crippen LogP contribution in [0, 0.1) is 5.82 Å². The van der Waals surface area contributed by atoms with Crippen molar-refractivity contribution < 1.29 is 28.6 Å². The fourth-order valence-electron chi connectivity index (χ4n) is 3.94. The van der Waals surface area contributed by atoms with E-state index < -0.39 is 34.3 Å². The Morgan fingerprint density at radius 3 is 2.67 bits per heavy atom. The standard InChI is InChI=1S/C23H22FN3O6/c1-4-32-21(30)15-18(28)16-17-19(13(10-26-16)9-12-5-7-14(24)8-6-12)33-23(2,22(31)25-3)11-27(17)20(15)29/h5-8,10,28H,4,9,11H2,1-3H3,(H,25,31)/t23-/m0/s1. The summed E-state index contributed by atoms with van der Waals surface area (Å²) in [6, 6.07) is 5.83. The number of aromatic hydroxyl groups is 1. The molecule has 3 aromatic rings. The van der Waals surface area contributed by atoms with Crippen LogP contribution in [0.25, 0.3) is 11.0 Å². The maximum absolute atomic E-state index is 13.3. The third kappa shape index (κ3) is 3.67.